The highest BCUT2D eigenvalue weighted by Gasteiger charge is 2.27. The number of rotatable bonds is 5. The highest BCUT2D eigenvalue weighted by atomic mass is 32.2. The van der Waals surface area contributed by atoms with E-state index < -0.39 is 20.8 Å². The molecule has 0 saturated carbocycles. The molecule has 20 heavy (non-hydrogen) atoms. The van der Waals surface area contributed by atoms with Crippen molar-refractivity contribution < 1.29 is 17.4 Å². The van der Waals surface area contributed by atoms with Crippen LogP contribution in [0, 0.1) is 0 Å². The number of nitrogens with two attached hydrogens (primary N) is 1. The first kappa shape index (κ1) is 15.4. The fourth-order valence-corrected chi connectivity index (χ4v) is 4.62. The molecule has 0 bridgehead atoms. The minimum Gasteiger partial charge on any atom is -0.492 e. The smallest absolute Gasteiger partial charge is 0.243 e. The molecule has 1 heterocycles. The second kappa shape index (κ2) is 6.66. The third kappa shape index (κ3) is 3.57. The molecular weight excluding hydrogens is 300 g/mol. The molecule has 6 nitrogen and oxygen atoms in total. The quantitative estimate of drug-likeness (QED) is 0.810. The van der Waals surface area contributed by atoms with Gasteiger partial charge in [-0.3, -0.25) is 4.21 Å². The molecule has 1 fully saturated rings. The van der Waals surface area contributed by atoms with Gasteiger partial charge in [0.2, 0.25) is 10.0 Å². The van der Waals surface area contributed by atoms with Crippen molar-refractivity contribution in [3.63, 3.8) is 0 Å². The maximum Gasteiger partial charge on any atom is 0.243 e. The lowest BCUT2D eigenvalue weighted by Gasteiger charge is -2.25. The number of hydrogen-bond donors (Lipinski definition) is 1. The normalized spacial score (nSPS) is 18.1. The van der Waals surface area contributed by atoms with Gasteiger partial charge < -0.3 is 10.5 Å². The molecule has 1 aromatic carbocycles. The zero-order chi connectivity index (χ0) is 14.6. The topological polar surface area (TPSA) is 89.7 Å². The molecule has 1 saturated heterocycles. The Balaban J connectivity index is 2.11. The van der Waals surface area contributed by atoms with E-state index in [2.05, 4.69) is 0 Å². The molecule has 8 heteroatoms. The molecule has 0 aromatic heterocycles. The zero-order valence-electron chi connectivity index (χ0n) is 11.0. The lowest BCUT2D eigenvalue weighted by atomic mass is 10.3. The highest BCUT2D eigenvalue weighted by Crippen LogP contribution is 2.20. The molecule has 2 N–H and O–H groups in total. The highest BCUT2D eigenvalue weighted by molar-refractivity contribution is 7.89. The number of ether oxygens (including phenoxy) is 1. The van der Waals surface area contributed by atoms with Crippen LogP contribution in [0.15, 0.2) is 29.2 Å². The molecular formula is C12H18N2O4S2. The van der Waals surface area contributed by atoms with E-state index in [1.807, 2.05) is 0 Å². The van der Waals surface area contributed by atoms with Gasteiger partial charge in [-0.05, 0) is 24.3 Å². The number of sulfonamides is 1. The second-order valence-electron chi connectivity index (χ2n) is 4.36. The molecule has 0 unspecified atom stereocenters. The lowest BCUT2D eigenvalue weighted by Crippen LogP contribution is -2.41. The molecule has 0 radical (unpaired) electrons. The maximum atomic E-state index is 12.4. The summed E-state index contributed by atoms with van der Waals surface area (Å²) >= 11 is 0. The minimum absolute atomic E-state index is 0.227. The second-order valence-corrected chi connectivity index (χ2v) is 7.99. The van der Waals surface area contributed by atoms with Crippen LogP contribution in [0.2, 0.25) is 0 Å². The van der Waals surface area contributed by atoms with E-state index in [0.29, 0.717) is 43.5 Å². The first-order valence-corrected chi connectivity index (χ1v) is 9.25. The van der Waals surface area contributed by atoms with Gasteiger partial charge in [0.05, 0.1) is 4.90 Å². The first-order chi connectivity index (χ1) is 9.54. The van der Waals surface area contributed by atoms with E-state index in [4.69, 9.17) is 10.5 Å². The van der Waals surface area contributed by atoms with Crippen LogP contribution < -0.4 is 10.5 Å². The van der Waals surface area contributed by atoms with Gasteiger partial charge >= 0.3 is 0 Å². The minimum atomic E-state index is -3.50. The summed E-state index contributed by atoms with van der Waals surface area (Å²) in [6.45, 7) is 1.41. The SMILES string of the molecule is NCCOc1ccc(S(=O)(=O)N2CCS(=O)CC2)cc1. The van der Waals surface area contributed by atoms with E-state index in [1.165, 1.54) is 16.4 Å². The van der Waals surface area contributed by atoms with E-state index in [0.717, 1.165) is 0 Å². The van der Waals surface area contributed by atoms with Gasteiger partial charge in [0.25, 0.3) is 0 Å². The standard InChI is InChI=1S/C12H18N2O4S2/c13-5-8-18-11-1-3-12(4-2-11)20(16,17)14-6-9-19(15)10-7-14/h1-4H,5-10,13H2. The predicted molar refractivity (Wildman–Crippen MR) is 77.6 cm³/mol. The Kier molecular flexibility index (Phi) is 5.14. The van der Waals surface area contributed by atoms with Crippen molar-refractivity contribution >= 4 is 20.8 Å². The summed E-state index contributed by atoms with van der Waals surface area (Å²) in [6.07, 6.45) is 0. The van der Waals surface area contributed by atoms with Gasteiger partial charge in [0, 0.05) is 41.9 Å². The molecule has 0 amide bonds. The molecule has 0 spiro atoms. The summed E-state index contributed by atoms with van der Waals surface area (Å²) in [5.74, 6) is 1.39. The van der Waals surface area contributed by atoms with Crippen LogP contribution in [-0.2, 0) is 20.8 Å². The Bertz CT molecular complexity index is 562. The Morgan fingerprint density at radius 3 is 2.35 bits per heavy atom. The fraction of sp³-hybridized carbons (Fsp3) is 0.500. The molecule has 0 aliphatic carbocycles. The third-order valence-electron chi connectivity index (χ3n) is 2.98. The van der Waals surface area contributed by atoms with Crippen molar-refractivity contribution in [3.05, 3.63) is 24.3 Å². The van der Waals surface area contributed by atoms with E-state index in [9.17, 15) is 12.6 Å². The van der Waals surface area contributed by atoms with Gasteiger partial charge in [-0.25, -0.2) is 8.42 Å². The molecule has 1 aliphatic heterocycles. The van der Waals surface area contributed by atoms with E-state index in [-0.39, 0.29) is 4.90 Å². The summed E-state index contributed by atoms with van der Waals surface area (Å²) < 4.78 is 42.7. The van der Waals surface area contributed by atoms with Crippen LogP contribution in [0.5, 0.6) is 5.75 Å². The Morgan fingerprint density at radius 1 is 1.20 bits per heavy atom. The van der Waals surface area contributed by atoms with Crippen LogP contribution in [-0.4, -0.2) is 54.7 Å². The fourth-order valence-electron chi connectivity index (χ4n) is 1.90. The van der Waals surface area contributed by atoms with Gasteiger partial charge in [0.1, 0.15) is 12.4 Å². The lowest BCUT2D eigenvalue weighted by molar-refractivity contribution is 0.328. The van der Waals surface area contributed by atoms with Crippen molar-refractivity contribution in [2.75, 3.05) is 37.7 Å². The molecule has 0 atom stereocenters. The van der Waals surface area contributed by atoms with Crippen molar-refractivity contribution in [1.82, 2.24) is 4.31 Å². The summed E-state index contributed by atoms with van der Waals surface area (Å²) in [5, 5.41) is 0. The molecule has 1 aromatic rings. The van der Waals surface area contributed by atoms with Crippen molar-refractivity contribution in [2.24, 2.45) is 5.73 Å². The average molecular weight is 318 g/mol. The monoisotopic (exact) mass is 318 g/mol. The van der Waals surface area contributed by atoms with Crippen LogP contribution in [0.1, 0.15) is 0 Å². The van der Waals surface area contributed by atoms with Crippen LogP contribution >= 0.6 is 0 Å². The third-order valence-corrected chi connectivity index (χ3v) is 6.17. The number of benzene rings is 1. The molecule has 112 valence electrons. The molecule has 2 rings (SSSR count). The van der Waals surface area contributed by atoms with Crippen LogP contribution in [0.4, 0.5) is 0 Å². The van der Waals surface area contributed by atoms with Crippen molar-refractivity contribution in [2.45, 2.75) is 4.90 Å². The number of nitrogens with zero attached hydrogens (tertiary/aromatic N) is 1. The average Bonchev–Trinajstić information content (AvgIpc) is 2.46. The van der Waals surface area contributed by atoms with Gasteiger partial charge in [-0.15, -0.1) is 0 Å². The summed E-state index contributed by atoms with van der Waals surface area (Å²) in [5.41, 5.74) is 5.33. The van der Waals surface area contributed by atoms with E-state index in [1.54, 1.807) is 12.1 Å². The Labute approximate surface area is 121 Å². The van der Waals surface area contributed by atoms with Gasteiger partial charge in [0.15, 0.2) is 0 Å². The van der Waals surface area contributed by atoms with Crippen LogP contribution in [0.3, 0.4) is 0 Å². The Hall–Kier alpha value is -0.960. The van der Waals surface area contributed by atoms with Crippen molar-refractivity contribution in [1.29, 1.82) is 0 Å². The molecule has 1 aliphatic rings. The first-order valence-electron chi connectivity index (χ1n) is 6.32. The number of hydrogen-bond acceptors (Lipinski definition) is 5. The van der Waals surface area contributed by atoms with Crippen LogP contribution in [0.25, 0.3) is 0 Å². The van der Waals surface area contributed by atoms with Gasteiger partial charge in [-0.1, -0.05) is 0 Å². The predicted octanol–water partition coefficient (Wildman–Crippen LogP) is -0.223. The van der Waals surface area contributed by atoms with Crippen molar-refractivity contribution in [3.8, 4) is 5.75 Å². The summed E-state index contributed by atoms with van der Waals surface area (Å²) in [6, 6.07) is 6.27. The zero-order valence-corrected chi connectivity index (χ0v) is 12.7. The Morgan fingerprint density at radius 2 is 1.80 bits per heavy atom. The van der Waals surface area contributed by atoms with Gasteiger partial charge in [-0.2, -0.15) is 4.31 Å². The van der Waals surface area contributed by atoms with E-state index >= 15 is 0 Å². The summed E-state index contributed by atoms with van der Waals surface area (Å²) in [4.78, 5) is 0.227. The largest absolute Gasteiger partial charge is 0.492 e. The maximum absolute atomic E-state index is 12.4. The summed E-state index contributed by atoms with van der Waals surface area (Å²) in [7, 11) is -4.40.